The van der Waals surface area contributed by atoms with E-state index in [1.165, 1.54) is 12.8 Å². The van der Waals surface area contributed by atoms with Gasteiger partial charge in [0.2, 0.25) is 17.5 Å². The van der Waals surface area contributed by atoms with Crippen LogP contribution in [0.5, 0.6) is 0 Å². The molecular formula is C20H20N4O2. The van der Waals surface area contributed by atoms with Gasteiger partial charge in [0.05, 0.1) is 12.3 Å². The van der Waals surface area contributed by atoms with E-state index in [1.54, 1.807) is 6.26 Å². The van der Waals surface area contributed by atoms with Crippen molar-refractivity contribution in [2.75, 3.05) is 25.0 Å². The second kappa shape index (κ2) is 7.46. The Hall–Kier alpha value is -3.04. The van der Waals surface area contributed by atoms with E-state index in [2.05, 4.69) is 21.3 Å². The Morgan fingerprint density at radius 2 is 1.96 bits per heavy atom. The van der Waals surface area contributed by atoms with Gasteiger partial charge in [-0.1, -0.05) is 18.2 Å². The Labute approximate surface area is 152 Å². The van der Waals surface area contributed by atoms with Gasteiger partial charge in [-0.05, 0) is 50.2 Å². The molecule has 1 atom stereocenters. The van der Waals surface area contributed by atoms with E-state index in [1.807, 2.05) is 42.5 Å². The van der Waals surface area contributed by atoms with Gasteiger partial charge in [0.1, 0.15) is 11.8 Å². The predicted molar refractivity (Wildman–Crippen MR) is 97.4 cm³/mol. The number of nitriles is 1. The number of oxazole rings is 1. The Balaban J connectivity index is 1.54. The first-order valence-corrected chi connectivity index (χ1v) is 8.83. The van der Waals surface area contributed by atoms with Crippen LogP contribution in [0.25, 0.3) is 11.5 Å². The van der Waals surface area contributed by atoms with Crippen molar-refractivity contribution >= 4 is 5.88 Å². The van der Waals surface area contributed by atoms with E-state index in [0.29, 0.717) is 18.3 Å². The normalized spacial score (nSPS) is 15.7. The number of hydrogen-bond acceptors (Lipinski definition) is 6. The fourth-order valence-corrected chi connectivity index (χ4v) is 3.35. The molecule has 0 spiro atoms. The highest BCUT2D eigenvalue weighted by molar-refractivity contribution is 5.58. The highest BCUT2D eigenvalue weighted by Crippen LogP contribution is 2.29. The van der Waals surface area contributed by atoms with Gasteiger partial charge in [0.25, 0.3) is 0 Å². The van der Waals surface area contributed by atoms with Gasteiger partial charge in [-0.15, -0.1) is 0 Å². The quantitative estimate of drug-likeness (QED) is 0.724. The number of nitrogens with one attached hydrogen (secondary N) is 1. The molecule has 26 heavy (non-hydrogen) atoms. The number of aromatic nitrogens is 1. The van der Waals surface area contributed by atoms with E-state index in [9.17, 15) is 5.26 Å². The third-order valence-corrected chi connectivity index (χ3v) is 4.66. The fourth-order valence-electron chi connectivity index (χ4n) is 3.35. The second-order valence-electron chi connectivity index (χ2n) is 6.33. The molecule has 0 unspecified atom stereocenters. The molecule has 6 nitrogen and oxygen atoms in total. The van der Waals surface area contributed by atoms with E-state index in [4.69, 9.17) is 8.83 Å². The monoisotopic (exact) mass is 348 g/mol. The smallest absolute Gasteiger partial charge is 0.232 e. The lowest BCUT2D eigenvalue weighted by Gasteiger charge is -2.25. The molecule has 1 fully saturated rings. The number of hydrogen-bond donors (Lipinski definition) is 1. The van der Waals surface area contributed by atoms with Gasteiger partial charge >= 0.3 is 0 Å². The van der Waals surface area contributed by atoms with Gasteiger partial charge in [-0.2, -0.15) is 10.2 Å². The highest BCUT2D eigenvalue weighted by Gasteiger charge is 2.26. The van der Waals surface area contributed by atoms with Crippen molar-refractivity contribution in [1.29, 1.82) is 5.26 Å². The lowest BCUT2D eigenvalue weighted by Crippen LogP contribution is -2.30. The van der Waals surface area contributed by atoms with Crippen LogP contribution in [0, 0.1) is 11.3 Å². The van der Waals surface area contributed by atoms with Gasteiger partial charge < -0.3 is 14.2 Å². The molecule has 1 N–H and O–H groups in total. The molecule has 0 saturated carbocycles. The first-order valence-electron chi connectivity index (χ1n) is 8.83. The van der Waals surface area contributed by atoms with Gasteiger partial charge in [-0.25, -0.2) is 0 Å². The molecule has 2 aromatic heterocycles. The molecule has 0 amide bonds. The third-order valence-electron chi connectivity index (χ3n) is 4.66. The summed E-state index contributed by atoms with van der Waals surface area (Å²) in [4.78, 5) is 6.71. The maximum absolute atomic E-state index is 9.40. The Bertz CT molecular complexity index is 874. The van der Waals surface area contributed by atoms with E-state index in [0.717, 1.165) is 24.4 Å². The number of anilines is 1. The van der Waals surface area contributed by atoms with Crippen LogP contribution in [-0.4, -0.2) is 29.5 Å². The summed E-state index contributed by atoms with van der Waals surface area (Å²) in [5.41, 5.74) is 1.11. The van der Waals surface area contributed by atoms with Crippen LogP contribution in [-0.2, 0) is 0 Å². The largest absolute Gasteiger partial charge is 0.468 e. The summed E-state index contributed by atoms with van der Waals surface area (Å²) in [5, 5.41) is 12.7. The summed E-state index contributed by atoms with van der Waals surface area (Å²) in [6.45, 7) is 2.68. The van der Waals surface area contributed by atoms with Crippen molar-refractivity contribution in [3.63, 3.8) is 0 Å². The van der Waals surface area contributed by atoms with Crippen LogP contribution in [0.4, 0.5) is 5.88 Å². The molecule has 6 heteroatoms. The van der Waals surface area contributed by atoms with Crippen molar-refractivity contribution in [3.05, 3.63) is 60.2 Å². The van der Waals surface area contributed by atoms with Gasteiger partial charge in [0.15, 0.2) is 0 Å². The number of nitrogens with zero attached hydrogens (tertiary/aromatic N) is 3. The zero-order valence-electron chi connectivity index (χ0n) is 14.4. The van der Waals surface area contributed by atoms with Crippen LogP contribution >= 0.6 is 0 Å². The number of likely N-dealkylation sites (tertiary alicyclic amines) is 1. The molecule has 0 aliphatic carbocycles. The zero-order chi connectivity index (χ0) is 17.8. The van der Waals surface area contributed by atoms with Crippen LogP contribution in [0.2, 0.25) is 0 Å². The molecule has 132 valence electrons. The molecule has 3 heterocycles. The van der Waals surface area contributed by atoms with E-state index < -0.39 is 0 Å². The average molecular weight is 348 g/mol. The molecule has 1 aliphatic heterocycles. The van der Waals surface area contributed by atoms with Crippen LogP contribution < -0.4 is 5.32 Å². The van der Waals surface area contributed by atoms with Gasteiger partial charge in [0, 0.05) is 12.1 Å². The first kappa shape index (κ1) is 16.4. The molecule has 4 rings (SSSR count). The minimum absolute atomic E-state index is 0.101. The minimum Gasteiger partial charge on any atom is -0.468 e. The Morgan fingerprint density at radius 3 is 2.65 bits per heavy atom. The lowest BCUT2D eigenvalue weighted by molar-refractivity contribution is 0.224. The highest BCUT2D eigenvalue weighted by atomic mass is 16.4. The molecule has 1 aromatic carbocycles. The van der Waals surface area contributed by atoms with E-state index >= 15 is 0 Å². The molecule has 1 saturated heterocycles. The first-order chi connectivity index (χ1) is 12.8. The van der Waals surface area contributed by atoms with Crippen molar-refractivity contribution in [2.24, 2.45) is 0 Å². The van der Waals surface area contributed by atoms with Crippen molar-refractivity contribution in [2.45, 2.75) is 18.9 Å². The summed E-state index contributed by atoms with van der Waals surface area (Å²) in [7, 11) is 0. The maximum Gasteiger partial charge on any atom is 0.232 e. The number of benzene rings is 1. The van der Waals surface area contributed by atoms with Crippen LogP contribution in [0.3, 0.4) is 0 Å². The van der Waals surface area contributed by atoms with Crippen molar-refractivity contribution in [1.82, 2.24) is 9.88 Å². The van der Waals surface area contributed by atoms with E-state index in [-0.39, 0.29) is 11.7 Å². The number of rotatable bonds is 6. The standard InChI is InChI=1S/C20H20N4O2/c21-13-16-20(26-19(23-16)15-7-2-1-3-8-15)22-14-17(18-9-6-12-25-18)24-10-4-5-11-24/h1-3,6-9,12,17,22H,4-5,10-11,14H2/t17-/m0/s1. The van der Waals surface area contributed by atoms with Crippen LogP contribution in [0.15, 0.2) is 57.6 Å². The zero-order valence-corrected chi connectivity index (χ0v) is 14.4. The summed E-state index contributed by atoms with van der Waals surface area (Å²) < 4.78 is 11.5. The molecule has 3 aromatic rings. The summed E-state index contributed by atoms with van der Waals surface area (Å²) in [6.07, 6.45) is 4.09. The summed E-state index contributed by atoms with van der Waals surface area (Å²) >= 11 is 0. The fraction of sp³-hybridized carbons (Fsp3) is 0.300. The van der Waals surface area contributed by atoms with Gasteiger partial charge in [-0.3, -0.25) is 4.90 Å². The summed E-state index contributed by atoms with van der Waals surface area (Å²) in [6, 6.07) is 15.7. The summed E-state index contributed by atoms with van der Waals surface area (Å²) in [5.74, 6) is 1.77. The minimum atomic E-state index is 0.101. The SMILES string of the molecule is N#Cc1nc(-c2ccccc2)oc1NC[C@@H](c1ccco1)N1CCCC1. The Kier molecular flexibility index (Phi) is 4.71. The predicted octanol–water partition coefficient (Wildman–Crippen LogP) is 4.06. The molecular weight excluding hydrogens is 328 g/mol. The average Bonchev–Trinajstić information content (AvgIpc) is 3.45. The molecule has 1 aliphatic rings. The maximum atomic E-state index is 9.40. The third kappa shape index (κ3) is 3.35. The van der Waals surface area contributed by atoms with Crippen molar-refractivity contribution < 1.29 is 8.83 Å². The molecule has 0 bridgehead atoms. The Morgan fingerprint density at radius 1 is 1.15 bits per heavy atom. The number of furan rings is 1. The second-order valence-corrected chi connectivity index (χ2v) is 6.33. The van der Waals surface area contributed by atoms with Crippen molar-refractivity contribution in [3.8, 4) is 17.5 Å². The lowest BCUT2D eigenvalue weighted by atomic mass is 10.2. The molecule has 0 radical (unpaired) electrons. The van der Waals surface area contributed by atoms with Crippen LogP contribution in [0.1, 0.15) is 30.3 Å². The topological polar surface area (TPSA) is 78.2 Å².